The molecular weight excluding hydrogens is 350 g/mol. The smallest absolute Gasteiger partial charge is 0.305 e. The number of rotatable bonds is 4. The van der Waals surface area contributed by atoms with Gasteiger partial charge in [-0.25, -0.2) is 0 Å². The maximum absolute atomic E-state index is 12.3. The molecule has 0 radical (unpaired) electrons. The van der Waals surface area contributed by atoms with Gasteiger partial charge < -0.3 is 15.1 Å². The number of carbonyl (C=O) groups is 2. The molecular formula is C20H29NO4S. The van der Waals surface area contributed by atoms with Gasteiger partial charge in [0.15, 0.2) is 0 Å². The summed E-state index contributed by atoms with van der Waals surface area (Å²) >= 11 is 1.51. The number of phenols is 1. The summed E-state index contributed by atoms with van der Waals surface area (Å²) in [7, 11) is 0. The van der Waals surface area contributed by atoms with Gasteiger partial charge in [-0.1, -0.05) is 41.5 Å². The first-order valence-corrected chi connectivity index (χ1v) is 9.88. The molecule has 1 aliphatic heterocycles. The van der Waals surface area contributed by atoms with Crippen molar-refractivity contribution in [2.24, 2.45) is 0 Å². The van der Waals surface area contributed by atoms with Gasteiger partial charge >= 0.3 is 5.97 Å². The third kappa shape index (κ3) is 4.34. The van der Waals surface area contributed by atoms with Crippen molar-refractivity contribution in [1.82, 2.24) is 4.90 Å². The Morgan fingerprint density at radius 2 is 1.65 bits per heavy atom. The summed E-state index contributed by atoms with van der Waals surface area (Å²) in [5.41, 5.74) is 2.13. The van der Waals surface area contributed by atoms with Gasteiger partial charge in [0, 0.05) is 6.54 Å². The van der Waals surface area contributed by atoms with Gasteiger partial charge in [-0.15, -0.1) is 11.8 Å². The molecule has 0 aromatic heterocycles. The van der Waals surface area contributed by atoms with Gasteiger partial charge in [-0.2, -0.15) is 0 Å². The molecule has 1 aliphatic rings. The summed E-state index contributed by atoms with van der Waals surface area (Å²) in [6.45, 7) is 12.5. The van der Waals surface area contributed by atoms with E-state index in [1.54, 1.807) is 4.90 Å². The van der Waals surface area contributed by atoms with Crippen LogP contribution in [0.15, 0.2) is 12.1 Å². The highest BCUT2D eigenvalue weighted by atomic mass is 32.2. The molecule has 144 valence electrons. The Balaban J connectivity index is 2.54. The van der Waals surface area contributed by atoms with Crippen molar-refractivity contribution in [2.75, 3.05) is 12.3 Å². The lowest BCUT2D eigenvalue weighted by molar-refractivity contribution is -0.138. The van der Waals surface area contributed by atoms with Crippen LogP contribution < -0.4 is 0 Å². The highest BCUT2D eigenvalue weighted by molar-refractivity contribution is 8.00. The molecule has 0 bridgehead atoms. The van der Waals surface area contributed by atoms with E-state index < -0.39 is 5.97 Å². The normalized spacial score (nSPS) is 18.5. The topological polar surface area (TPSA) is 77.8 Å². The van der Waals surface area contributed by atoms with Gasteiger partial charge in [0.2, 0.25) is 5.91 Å². The Labute approximate surface area is 159 Å². The van der Waals surface area contributed by atoms with Gasteiger partial charge in [0.25, 0.3) is 0 Å². The lowest BCUT2D eigenvalue weighted by Gasteiger charge is -2.31. The van der Waals surface area contributed by atoms with Crippen molar-refractivity contribution in [3.8, 4) is 5.75 Å². The van der Waals surface area contributed by atoms with E-state index in [2.05, 4.69) is 0 Å². The van der Waals surface area contributed by atoms with Gasteiger partial charge in [-0.3, -0.25) is 9.59 Å². The molecule has 6 heteroatoms. The molecule has 1 saturated heterocycles. The van der Waals surface area contributed by atoms with E-state index in [0.29, 0.717) is 11.5 Å². The lowest BCUT2D eigenvalue weighted by Crippen LogP contribution is -2.31. The average Bonchev–Trinajstić information content (AvgIpc) is 2.84. The van der Waals surface area contributed by atoms with Crippen LogP contribution in [0.2, 0.25) is 0 Å². The summed E-state index contributed by atoms with van der Waals surface area (Å²) < 4.78 is 0. The fraction of sp³-hybridized carbons (Fsp3) is 0.600. The van der Waals surface area contributed by atoms with Crippen molar-refractivity contribution >= 4 is 23.6 Å². The van der Waals surface area contributed by atoms with Crippen molar-refractivity contribution in [3.05, 3.63) is 28.8 Å². The van der Waals surface area contributed by atoms with E-state index in [1.165, 1.54) is 11.8 Å². The van der Waals surface area contributed by atoms with Crippen LogP contribution in [0.4, 0.5) is 0 Å². The van der Waals surface area contributed by atoms with Crippen molar-refractivity contribution < 1.29 is 19.8 Å². The van der Waals surface area contributed by atoms with E-state index >= 15 is 0 Å². The third-order valence-electron chi connectivity index (χ3n) is 4.57. The fourth-order valence-corrected chi connectivity index (χ4v) is 4.33. The number of aliphatic carboxylic acids is 1. The van der Waals surface area contributed by atoms with Gasteiger partial charge in [0.1, 0.15) is 11.1 Å². The third-order valence-corrected chi connectivity index (χ3v) is 5.82. The van der Waals surface area contributed by atoms with E-state index in [1.807, 2.05) is 53.7 Å². The number of aromatic hydroxyl groups is 1. The number of hydrogen-bond donors (Lipinski definition) is 2. The highest BCUT2D eigenvalue weighted by Crippen LogP contribution is 2.45. The second kappa shape index (κ2) is 7.14. The number of benzene rings is 1. The molecule has 1 aromatic carbocycles. The Morgan fingerprint density at radius 1 is 1.15 bits per heavy atom. The minimum Gasteiger partial charge on any atom is -0.507 e. The number of amides is 1. The van der Waals surface area contributed by atoms with Crippen molar-refractivity contribution in [2.45, 2.75) is 64.2 Å². The van der Waals surface area contributed by atoms with Crippen molar-refractivity contribution in [3.63, 3.8) is 0 Å². The number of carbonyl (C=O) groups excluding carboxylic acids is 1. The zero-order valence-corrected chi connectivity index (χ0v) is 17.2. The van der Waals surface area contributed by atoms with E-state index in [4.69, 9.17) is 5.11 Å². The number of phenolic OH excluding ortho intramolecular Hbond substituents is 1. The summed E-state index contributed by atoms with van der Waals surface area (Å²) in [5.74, 6) is -0.296. The standard InChI is InChI=1S/C20H29NO4S/c1-19(2,3)13-9-12(10-14(17(13)25)20(4,5)6)18-21(8-7-16(23)24)15(22)11-26-18/h9-10,18,25H,7-8,11H2,1-6H3,(H,23,24)/t18-/m1/s1. The van der Waals surface area contributed by atoms with Gasteiger partial charge in [0.05, 0.1) is 12.2 Å². The largest absolute Gasteiger partial charge is 0.507 e. The van der Waals surface area contributed by atoms with Crippen LogP contribution >= 0.6 is 11.8 Å². The number of hydrogen-bond acceptors (Lipinski definition) is 4. The van der Waals surface area contributed by atoms with E-state index in [0.717, 1.165) is 16.7 Å². The molecule has 5 nitrogen and oxygen atoms in total. The first kappa shape index (κ1) is 20.6. The molecule has 0 saturated carbocycles. The summed E-state index contributed by atoms with van der Waals surface area (Å²) in [6, 6.07) is 3.93. The Bertz CT molecular complexity index is 680. The first-order chi connectivity index (χ1) is 11.8. The Kier molecular flexibility index (Phi) is 5.66. The molecule has 0 aliphatic carbocycles. The van der Waals surface area contributed by atoms with Crippen LogP contribution in [-0.2, 0) is 20.4 Å². The van der Waals surface area contributed by atoms with Crippen LogP contribution in [0.1, 0.15) is 70.0 Å². The maximum Gasteiger partial charge on any atom is 0.305 e. The average molecular weight is 380 g/mol. The predicted molar refractivity (Wildman–Crippen MR) is 105 cm³/mol. The molecule has 1 amide bonds. The second-order valence-electron chi connectivity index (χ2n) is 8.86. The van der Waals surface area contributed by atoms with E-state index in [9.17, 15) is 14.7 Å². The van der Waals surface area contributed by atoms with E-state index in [-0.39, 0.29) is 35.1 Å². The zero-order valence-electron chi connectivity index (χ0n) is 16.4. The maximum atomic E-state index is 12.3. The number of nitrogens with zero attached hydrogens (tertiary/aromatic N) is 1. The summed E-state index contributed by atoms with van der Waals surface area (Å²) in [5, 5.41) is 19.6. The Morgan fingerprint density at radius 3 is 2.08 bits per heavy atom. The minimum absolute atomic E-state index is 0.0380. The van der Waals surface area contributed by atoms with Crippen LogP contribution in [0, 0.1) is 0 Å². The zero-order chi connectivity index (χ0) is 19.9. The summed E-state index contributed by atoms with van der Waals surface area (Å²) in [4.78, 5) is 24.9. The molecule has 0 spiro atoms. The molecule has 0 unspecified atom stereocenters. The minimum atomic E-state index is -0.912. The quantitative estimate of drug-likeness (QED) is 0.826. The lowest BCUT2D eigenvalue weighted by atomic mass is 9.78. The van der Waals surface area contributed by atoms with Crippen LogP contribution in [-0.4, -0.2) is 39.3 Å². The first-order valence-electron chi connectivity index (χ1n) is 8.83. The molecule has 1 aromatic rings. The molecule has 2 N–H and O–H groups in total. The Hall–Kier alpha value is -1.69. The number of carboxylic acids is 1. The molecule has 2 rings (SSSR count). The van der Waals surface area contributed by atoms with Crippen LogP contribution in [0.25, 0.3) is 0 Å². The fourth-order valence-electron chi connectivity index (χ4n) is 3.13. The molecule has 1 atom stereocenters. The monoisotopic (exact) mass is 379 g/mol. The van der Waals surface area contributed by atoms with Gasteiger partial charge in [-0.05, 0) is 39.7 Å². The molecule has 26 heavy (non-hydrogen) atoms. The van der Waals surface area contributed by atoms with Crippen molar-refractivity contribution in [1.29, 1.82) is 0 Å². The second-order valence-corrected chi connectivity index (χ2v) is 9.93. The highest BCUT2D eigenvalue weighted by Gasteiger charge is 2.35. The van der Waals surface area contributed by atoms with Crippen LogP contribution in [0.3, 0.4) is 0 Å². The predicted octanol–water partition coefficient (Wildman–Crippen LogP) is 4.04. The van der Waals surface area contributed by atoms with Crippen LogP contribution in [0.5, 0.6) is 5.75 Å². The number of carboxylic acid groups (broad SMARTS) is 1. The molecule has 1 heterocycles. The number of thioether (sulfide) groups is 1. The SMILES string of the molecule is CC(C)(C)c1cc([C@H]2SCC(=O)N2CCC(=O)O)cc(C(C)(C)C)c1O. The summed E-state index contributed by atoms with van der Waals surface area (Å²) in [6.07, 6.45) is -0.0703. The molecule has 1 fully saturated rings.